The Morgan fingerprint density at radius 1 is 1.08 bits per heavy atom. The molecule has 0 fully saturated rings. The van der Waals surface area contributed by atoms with Gasteiger partial charge in [0, 0.05) is 10.0 Å². The van der Waals surface area contributed by atoms with Crippen molar-refractivity contribution in [2.24, 2.45) is 0 Å². The first-order valence-corrected chi connectivity index (χ1v) is 8.78. The fraction of sp³-hybridized carbons (Fsp3) is 0.350. The third-order valence-electron chi connectivity index (χ3n) is 3.84. The molecule has 2 rings (SSSR count). The van der Waals surface area contributed by atoms with E-state index in [1.165, 1.54) is 11.1 Å². The number of rotatable bonds is 5. The summed E-state index contributed by atoms with van der Waals surface area (Å²) in [6, 6.07) is 9.64. The lowest BCUT2D eigenvalue weighted by atomic mass is 10.1. The fourth-order valence-electron chi connectivity index (χ4n) is 2.41. The van der Waals surface area contributed by atoms with Crippen LogP contribution in [0.3, 0.4) is 0 Å². The maximum absolute atomic E-state index is 12.3. The van der Waals surface area contributed by atoms with Crippen LogP contribution in [0.2, 0.25) is 0 Å². The quantitative estimate of drug-likeness (QED) is 0.630. The molecule has 128 valence electrons. The summed E-state index contributed by atoms with van der Waals surface area (Å²) in [5.74, 6) is 0.499. The minimum Gasteiger partial charge on any atom is -0.489 e. The fourth-order valence-corrected chi connectivity index (χ4v) is 2.89. The number of esters is 1. The van der Waals surface area contributed by atoms with E-state index in [4.69, 9.17) is 9.47 Å². The normalized spacial score (nSPS) is 10.8. The molecule has 3 nitrogen and oxygen atoms in total. The Labute approximate surface area is 152 Å². The Morgan fingerprint density at radius 3 is 2.42 bits per heavy atom. The van der Waals surface area contributed by atoms with Crippen molar-refractivity contribution in [3.63, 3.8) is 0 Å². The lowest BCUT2D eigenvalue weighted by Gasteiger charge is -2.16. The van der Waals surface area contributed by atoms with E-state index < -0.39 is 0 Å². The van der Waals surface area contributed by atoms with E-state index in [0.29, 0.717) is 12.2 Å². The first-order chi connectivity index (χ1) is 11.3. The van der Waals surface area contributed by atoms with Crippen molar-refractivity contribution < 1.29 is 14.3 Å². The lowest BCUT2D eigenvalue weighted by molar-refractivity contribution is 0.0375. The standard InChI is InChI=1S/C20H23BrO3/c1-12(2)24-20(22)16-7-6-8-18(21)17(16)11-23-19-10-14(4)13(3)9-15(19)5/h6-10,12H,11H2,1-5H3. The molecule has 2 aromatic carbocycles. The molecule has 0 saturated carbocycles. The highest BCUT2D eigenvalue weighted by atomic mass is 79.9. The number of benzene rings is 2. The Kier molecular flexibility index (Phi) is 6.05. The number of aryl methyl sites for hydroxylation is 3. The van der Waals surface area contributed by atoms with Crippen LogP contribution in [0.1, 0.15) is 46.5 Å². The summed E-state index contributed by atoms with van der Waals surface area (Å²) in [6.45, 7) is 10.1. The van der Waals surface area contributed by atoms with Gasteiger partial charge in [-0.15, -0.1) is 0 Å². The van der Waals surface area contributed by atoms with E-state index in [-0.39, 0.29) is 12.1 Å². The van der Waals surface area contributed by atoms with Gasteiger partial charge in [0.1, 0.15) is 12.4 Å². The first kappa shape index (κ1) is 18.5. The summed E-state index contributed by atoms with van der Waals surface area (Å²) in [7, 11) is 0. The van der Waals surface area contributed by atoms with Gasteiger partial charge in [-0.2, -0.15) is 0 Å². The molecular formula is C20H23BrO3. The van der Waals surface area contributed by atoms with Crippen molar-refractivity contribution in [2.45, 2.75) is 47.3 Å². The molecule has 0 saturated heterocycles. The molecule has 0 bridgehead atoms. The van der Waals surface area contributed by atoms with Gasteiger partial charge in [0.05, 0.1) is 11.7 Å². The summed E-state index contributed by atoms with van der Waals surface area (Å²) in [6.07, 6.45) is -0.160. The largest absolute Gasteiger partial charge is 0.489 e. The van der Waals surface area contributed by atoms with Crippen LogP contribution in [-0.2, 0) is 11.3 Å². The van der Waals surface area contributed by atoms with E-state index in [0.717, 1.165) is 21.3 Å². The summed E-state index contributed by atoms with van der Waals surface area (Å²) in [5, 5.41) is 0. The highest BCUT2D eigenvalue weighted by Crippen LogP contribution is 2.27. The van der Waals surface area contributed by atoms with Crippen molar-refractivity contribution in [3.8, 4) is 5.75 Å². The SMILES string of the molecule is Cc1cc(C)c(OCc2c(Br)cccc2C(=O)OC(C)C)cc1C. The van der Waals surface area contributed by atoms with Crippen LogP contribution >= 0.6 is 15.9 Å². The molecule has 0 atom stereocenters. The molecule has 0 spiro atoms. The molecule has 0 aliphatic rings. The van der Waals surface area contributed by atoms with Crippen LogP contribution in [0, 0.1) is 20.8 Å². The van der Waals surface area contributed by atoms with Gasteiger partial charge in [-0.05, 0) is 69.5 Å². The zero-order valence-electron chi connectivity index (χ0n) is 14.8. The van der Waals surface area contributed by atoms with E-state index in [1.807, 2.05) is 39.0 Å². The van der Waals surface area contributed by atoms with Crippen LogP contribution in [0.5, 0.6) is 5.75 Å². The third kappa shape index (κ3) is 4.38. The number of hydrogen-bond acceptors (Lipinski definition) is 3. The van der Waals surface area contributed by atoms with Crippen LogP contribution < -0.4 is 4.74 Å². The number of carbonyl (C=O) groups excluding carboxylic acids is 1. The number of carbonyl (C=O) groups is 1. The predicted octanol–water partition coefficient (Wildman–Crippen LogP) is 5.52. The first-order valence-electron chi connectivity index (χ1n) is 7.98. The van der Waals surface area contributed by atoms with E-state index >= 15 is 0 Å². The lowest BCUT2D eigenvalue weighted by Crippen LogP contribution is -2.15. The summed E-state index contributed by atoms with van der Waals surface area (Å²) >= 11 is 3.51. The average Bonchev–Trinajstić information content (AvgIpc) is 2.49. The van der Waals surface area contributed by atoms with E-state index in [9.17, 15) is 4.79 Å². The van der Waals surface area contributed by atoms with Gasteiger partial charge in [-0.1, -0.05) is 28.1 Å². The minimum absolute atomic E-state index is 0.160. The molecule has 0 amide bonds. The van der Waals surface area contributed by atoms with Crippen LogP contribution in [0.15, 0.2) is 34.8 Å². The molecule has 0 unspecified atom stereocenters. The average molecular weight is 391 g/mol. The van der Waals surface area contributed by atoms with Crippen LogP contribution in [-0.4, -0.2) is 12.1 Å². The molecule has 0 heterocycles. The number of hydrogen-bond donors (Lipinski definition) is 0. The van der Waals surface area contributed by atoms with Gasteiger partial charge in [-0.25, -0.2) is 4.79 Å². The van der Waals surface area contributed by atoms with Gasteiger partial charge in [0.2, 0.25) is 0 Å². The molecule has 0 aromatic heterocycles. The van der Waals surface area contributed by atoms with Gasteiger partial charge < -0.3 is 9.47 Å². The molecule has 0 N–H and O–H groups in total. The molecule has 2 aromatic rings. The smallest absolute Gasteiger partial charge is 0.338 e. The van der Waals surface area contributed by atoms with Crippen LogP contribution in [0.4, 0.5) is 0 Å². The number of ether oxygens (including phenoxy) is 2. The number of halogens is 1. The zero-order valence-corrected chi connectivity index (χ0v) is 16.4. The molecule has 0 radical (unpaired) electrons. The third-order valence-corrected chi connectivity index (χ3v) is 4.59. The zero-order chi connectivity index (χ0) is 17.9. The van der Waals surface area contributed by atoms with Crippen molar-refractivity contribution >= 4 is 21.9 Å². The van der Waals surface area contributed by atoms with Gasteiger partial charge in [-0.3, -0.25) is 0 Å². The Bertz CT molecular complexity index is 751. The predicted molar refractivity (Wildman–Crippen MR) is 99.7 cm³/mol. The molecular weight excluding hydrogens is 368 g/mol. The Hall–Kier alpha value is -1.81. The van der Waals surface area contributed by atoms with Gasteiger partial charge in [0.15, 0.2) is 0 Å². The second kappa shape index (κ2) is 7.84. The second-order valence-corrected chi connectivity index (χ2v) is 7.06. The molecule has 0 aliphatic heterocycles. The molecule has 0 aliphatic carbocycles. The highest BCUT2D eigenvalue weighted by Gasteiger charge is 2.17. The minimum atomic E-state index is -0.332. The monoisotopic (exact) mass is 390 g/mol. The van der Waals surface area contributed by atoms with Gasteiger partial charge in [0.25, 0.3) is 0 Å². The maximum atomic E-state index is 12.3. The van der Waals surface area contributed by atoms with E-state index in [1.54, 1.807) is 6.07 Å². The van der Waals surface area contributed by atoms with Crippen LogP contribution in [0.25, 0.3) is 0 Å². The highest BCUT2D eigenvalue weighted by molar-refractivity contribution is 9.10. The topological polar surface area (TPSA) is 35.5 Å². The van der Waals surface area contributed by atoms with E-state index in [2.05, 4.69) is 35.8 Å². The second-order valence-electron chi connectivity index (χ2n) is 6.21. The summed E-state index contributed by atoms with van der Waals surface area (Å²) < 4.78 is 12.2. The molecule has 4 heteroatoms. The van der Waals surface area contributed by atoms with Crippen molar-refractivity contribution in [1.82, 2.24) is 0 Å². The van der Waals surface area contributed by atoms with Gasteiger partial charge >= 0.3 is 5.97 Å². The Balaban J connectivity index is 2.27. The van der Waals surface area contributed by atoms with Crippen molar-refractivity contribution in [1.29, 1.82) is 0 Å². The van der Waals surface area contributed by atoms with Crippen molar-refractivity contribution in [3.05, 3.63) is 62.6 Å². The Morgan fingerprint density at radius 2 is 1.75 bits per heavy atom. The van der Waals surface area contributed by atoms with Crippen molar-refractivity contribution in [2.75, 3.05) is 0 Å². The maximum Gasteiger partial charge on any atom is 0.338 e. The summed E-state index contributed by atoms with van der Waals surface area (Å²) in [5.41, 5.74) is 4.82. The molecule has 24 heavy (non-hydrogen) atoms. The summed E-state index contributed by atoms with van der Waals surface area (Å²) in [4.78, 5) is 12.3.